The lowest BCUT2D eigenvalue weighted by atomic mass is 10.4. The van der Waals surface area contributed by atoms with Gasteiger partial charge in [0.05, 0.1) is 0 Å². The van der Waals surface area contributed by atoms with Crippen molar-refractivity contribution in [3.63, 3.8) is 0 Å². The lowest BCUT2D eigenvalue weighted by Gasteiger charge is -2.27. The number of nitrogens with zero attached hydrogens (tertiary/aromatic N) is 2. The summed E-state index contributed by atoms with van der Waals surface area (Å²) in [5.41, 5.74) is 0.688. The van der Waals surface area contributed by atoms with E-state index >= 15 is 0 Å². The monoisotopic (exact) mass is 266 g/mol. The van der Waals surface area contributed by atoms with Gasteiger partial charge in [-0.05, 0) is 6.92 Å². The van der Waals surface area contributed by atoms with Crippen LogP contribution < -0.4 is 15.8 Å². The number of nitrogens with one attached hydrogen (secondary N) is 2. The second kappa shape index (κ2) is 6.73. The topological polar surface area (TPSA) is 61.0 Å². The predicted octanol–water partition coefficient (Wildman–Crippen LogP) is 0.332. The van der Waals surface area contributed by atoms with E-state index in [4.69, 9.17) is 0 Å². The van der Waals surface area contributed by atoms with Gasteiger partial charge in [-0.2, -0.15) is 0 Å². The quantitative estimate of drug-likeness (QED) is 0.770. The molecule has 5 nitrogen and oxygen atoms in total. The van der Waals surface area contributed by atoms with Gasteiger partial charge in [-0.25, -0.2) is 4.98 Å². The van der Waals surface area contributed by atoms with E-state index in [0.29, 0.717) is 5.95 Å². The Labute approximate surface area is 106 Å². The fourth-order valence-electron chi connectivity index (χ4n) is 1.59. The van der Waals surface area contributed by atoms with Crippen molar-refractivity contribution in [3.8, 4) is 0 Å². The Morgan fingerprint density at radius 2 is 1.94 bits per heavy atom. The molecule has 1 saturated heterocycles. The maximum atomic E-state index is 11.2. The van der Waals surface area contributed by atoms with Crippen molar-refractivity contribution in [1.82, 2.24) is 15.3 Å². The van der Waals surface area contributed by atoms with E-state index in [1.54, 1.807) is 0 Å². The molecule has 92 valence electrons. The number of anilines is 1. The number of halogens is 2. The summed E-state index contributed by atoms with van der Waals surface area (Å²) in [5.74, 6) is 0.691. The van der Waals surface area contributed by atoms with Crippen LogP contribution in [-0.2, 0) is 0 Å². The number of hydrogen-bond donors (Lipinski definition) is 2. The van der Waals surface area contributed by atoms with Gasteiger partial charge in [-0.3, -0.25) is 9.78 Å². The average Bonchev–Trinajstić information content (AvgIpc) is 2.18. The Morgan fingerprint density at radius 3 is 2.50 bits per heavy atom. The Morgan fingerprint density at radius 1 is 1.31 bits per heavy atom. The number of rotatable bonds is 1. The first-order valence-electron chi connectivity index (χ1n) is 4.79. The van der Waals surface area contributed by atoms with E-state index in [2.05, 4.69) is 20.2 Å². The smallest absolute Gasteiger partial charge is 0.252 e. The van der Waals surface area contributed by atoms with Crippen LogP contribution in [0.4, 0.5) is 5.95 Å². The molecule has 2 N–H and O–H groups in total. The SMILES string of the molecule is Cc1cc(=O)[nH]c(N2CCNCC2)n1.Cl.Cl. The Kier molecular flexibility index (Phi) is 6.40. The van der Waals surface area contributed by atoms with Crippen LogP contribution in [0.1, 0.15) is 5.69 Å². The highest BCUT2D eigenvalue weighted by Gasteiger charge is 2.12. The van der Waals surface area contributed by atoms with Gasteiger partial charge >= 0.3 is 0 Å². The molecule has 0 spiro atoms. The molecule has 1 aromatic heterocycles. The first-order chi connectivity index (χ1) is 6.75. The van der Waals surface area contributed by atoms with Crippen molar-refractivity contribution in [2.24, 2.45) is 0 Å². The van der Waals surface area contributed by atoms with Crippen molar-refractivity contribution in [1.29, 1.82) is 0 Å². The van der Waals surface area contributed by atoms with Crippen molar-refractivity contribution in [2.45, 2.75) is 6.92 Å². The van der Waals surface area contributed by atoms with Crippen LogP contribution in [0.2, 0.25) is 0 Å². The van der Waals surface area contributed by atoms with Crippen LogP contribution in [0, 0.1) is 6.92 Å². The minimum Gasteiger partial charge on any atom is -0.340 e. The van der Waals surface area contributed by atoms with Crippen molar-refractivity contribution < 1.29 is 0 Å². The van der Waals surface area contributed by atoms with Gasteiger partial charge in [0.2, 0.25) is 5.95 Å². The van der Waals surface area contributed by atoms with Gasteiger partial charge in [0.25, 0.3) is 5.56 Å². The molecule has 1 aliphatic heterocycles. The van der Waals surface area contributed by atoms with E-state index in [9.17, 15) is 4.79 Å². The largest absolute Gasteiger partial charge is 0.340 e. The molecule has 0 aliphatic carbocycles. The van der Waals surface area contributed by atoms with E-state index in [0.717, 1.165) is 31.9 Å². The van der Waals surface area contributed by atoms with Gasteiger partial charge in [0, 0.05) is 37.9 Å². The van der Waals surface area contributed by atoms with E-state index in [1.807, 2.05) is 6.92 Å². The van der Waals surface area contributed by atoms with Crippen molar-refractivity contribution in [2.75, 3.05) is 31.1 Å². The first-order valence-corrected chi connectivity index (χ1v) is 4.79. The van der Waals surface area contributed by atoms with E-state index in [-0.39, 0.29) is 30.4 Å². The highest BCUT2D eigenvalue weighted by atomic mass is 35.5. The van der Waals surface area contributed by atoms with Gasteiger partial charge < -0.3 is 10.2 Å². The van der Waals surface area contributed by atoms with Crippen LogP contribution in [0.15, 0.2) is 10.9 Å². The fraction of sp³-hybridized carbons (Fsp3) is 0.556. The third-order valence-corrected chi connectivity index (χ3v) is 2.27. The van der Waals surface area contributed by atoms with Gasteiger partial charge in [-0.15, -0.1) is 24.8 Å². The summed E-state index contributed by atoms with van der Waals surface area (Å²) in [6.45, 7) is 5.51. The summed E-state index contributed by atoms with van der Waals surface area (Å²) >= 11 is 0. The van der Waals surface area contributed by atoms with Crippen LogP contribution >= 0.6 is 24.8 Å². The van der Waals surface area contributed by atoms with Gasteiger partial charge in [0.15, 0.2) is 0 Å². The summed E-state index contributed by atoms with van der Waals surface area (Å²) in [7, 11) is 0. The number of hydrogen-bond acceptors (Lipinski definition) is 4. The van der Waals surface area contributed by atoms with Crippen LogP contribution in [0.5, 0.6) is 0 Å². The lowest BCUT2D eigenvalue weighted by molar-refractivity contribution is 0.578. The van der Waals surface area contributed by atoms with Crippen LogP contribution in [-0.4, -0.2) is 36.1 Å². The molecule has 2 heterocycles. The van der Waals surface area contributed by atoms with E-state index < -0.39 is 0 Å². The highest BCUT2D eigenvalue weighted by Crippen LogP contribution is 2.05. The molecule has 0 unspecified atom stereocenters. The minimum atomic E-state index is -0.0777. The summed E-state index contributed by atoms with van der Waals surface area (Å²) in [5, 5.41) is 3.25. The number of H-pyrrole nitrogens is 1. The maximum Gasteiger partial charge on any atom is 0.252 e. The Bertz CT molecular complexity index is 376. The zero-order valence-electron chi connectivity index (χ0n) is 9.02. The molecule has 2 rings (SSSR count). The number of aryl methyl sites for hydroxylation is 1. The summed E-state index contributed by atoms with van der Waals surface area (Å²) in [4.78, 5) is 20.4. The summed E-state index contributed by atoms with van der Waals surface area (Å²) < 4.78 is 0. The lowest BCUT2D eigenvalue weighted by Crippen LogP contribution is -2.44. The number of aromatic amines is 1. The molecule has 0 amide bonds. The molecular formula is C9H16Cl2N4O. The van der Waals surface area contributed by atoms with E-state index in [1.165, 1.54) is 6.07 Å². The summed E-state index contributed by atoms with van der Waals surface area (Å²) in [6, 6.07) is 1.51. The highest BCUT2D eigenvalue weighted by molar-refractivity contribution is 5.85. The van der Waals surface area contributed by atoms with Crippen molar-refractivity contribution >= 4 is 30.8 Å². The third kappa shape index (κ3) is 3.66. The number of aromatic nitrogens is 2. The molecule has 0 bridgehead atoms. The zero-order valence-corrected chi connectivity index (χ0v) is 10.7. The molecule has 1 fully saturated rings. The minimum absolute atomic E-state index is 0. The second-order valence-electron chi connectivity index (χ2n) is 3.45. The Balaban J connectivity index is 0.00000112. The molecule has 0 radical (unpaired) electrons. The fourth-order valence-corrected chi connectivity index (χ4v) is 1.59. The molecule has 16 heavy (non-hydrogen) atoms. The molecule has 1 aliphatic rings. The molecule has 0 saturated carbocycles. The number of piperazine rings is 1. The first kappa shape index (κ1) is 15.2. The van der Waals surface area contributed by atoms with Gasteiger partial charge in [-0.1, -0.05) is 0 Å². The standard InChI is InChI=1S/C9H14N4O.2ClH/c1-7-6-8(14)12-9(11-7)13-4-2-10-3-5-13;;/h6,10H,2-5H2,1H3,(H,11,12,14);2*1H. The maximum absolute atomic E-state index is 11.2. The Hall–Kier alpha value is -0.780. The molecular weight excluding hydrogens is 251 g/mol. The van der Waals surface area contributed by atoms with Gasteiger partial charge in [0.1, 0.15) is 0 Å². The molecule has 7 heteroatoms. The zero-order chi connectivity index (χ0) is 9.97. The molecule has 1 aromatic rings. The second-order valence-corrected chi connectivity index (χ2v) is 3.45. The van der Waals surface area contributed by atoms with Crippen molar-refractivity contribution in [3.05, 3.63) is 22.1 Å². The third-order valence-electron chi connectivity index (χ3n) is 2.27. The normalized spacial score (nSPS) is 14.9. The molecule has 0 atom stereocenters. The molecule has 0 aromatic carbocycles. The van der Waals surface area contributed by atoms with Crippen LogP contribution in [0.3, 0.4) is 0 Å². The average molecular weight is 267 g/mol. The van der Waals surface area contributed by atoms with Crippen LogP contribution in [0.25, 0.3) is 0 Å². The summed E-state index contributed by atoms with van der Waals surface area (Å²) in [6.07, 6.45) is 0. The predicted molar refractivity (Wildman–Crippen MR) is 69.2 cm³/mol.